The number of likely N-dealkylation sites (tertiary alicyclic amines) is 1. The largest absolute Gasteiger partial charge is 0.356 e. The molecule has 2 heterocycles. The average Bonchev–Trinajstić information content (AvgIpc) is 3.23. The molecule has 0 amide bonds. The van der Waals surface area contributed by atoms with E-state index in [0.717, 1.165) is 61.6 Å². The van der Waals surface area contributed by atoms with Crippen LogP contribution in [0.5, 0.6) is 0 Å². The zero-order valence-electron chi connectivity index (χ0n) is 16.6. The predicted molar refractivity (Wildman–Crippen MR) is 128 cm³/mol. The summed E-state index contributed by atoms with van der Waals surface area (Å²) < 4.78 is 1.15. The summed E-state index contributed by atoms with van der Waals surface area (Å²) in [6.45, 7) is 5.19. The first-order chi connectivity index (χ1) is 13.2. The maximum Gasteiger partial charge on any atom is 0.193 e. The van der Waals surface area contributed by atoms with Gasteiger partial charge in [0.05, 0.1) is 0 Å². The minimum atomic E-state index is 0. The molecule has 1 aromatic heterocycles. The fraction of sp³-hybridized carbons (Fsp3) is 0.550. The number of aromatic nitrogens is 3. The minimum absolute atomic E-state index is 0. The number of rotatable bonds is 6. The van der Waals surface area contributed by atoms with Crippen LogP contribution in [0.2, 0.25) is 0 Å². The summed E-state index contributed by atoms with van der Waals surface area (Å²) in [7, 11) is 1.88. The van der Waals surface area contributed by atoms with Crippen molar-refractivity contribution in [3.63, 3.8) is 0 Å². The summed E-state index contributed by atoms with van der Waals surface area (Å²) in [4.78, 5) is 11.2. The molecule has 0 saturated carbocycles. The molecule has 1 aromatic carbocycles. The van der Waals surface area contributed by atoms with Gasteiger partial charge in [-0.15, -0.1) is 24.0 Å². The number of H-pyrrole nitrogens is 1. The molecule has 1 atom stereocenters. The normalized spacial score (nSPS) is 16.5. The Morgan fingerprint density at radius 2 is 2.18 bits per heavy atom. The maximum absolute atomic E-state index is 4.52. The van der Waals surface area contributed by atoms with Crippen molar-refractivity contribution in [2.75, 3.05) is 26.7 Å². The molecule has 3 rings (SSSR count). The summed E-state index contributed by atoms with van der Waals surface area (Å²) in [5.74, 6) is 3.08. The van der Waals surface area contributed by atoms with Gasteiger partial charge in [-0.2, -0.15) is 5.10 Å². The average molecular weight is 561 g/mol. The zero-order chi connectivity index (χ0) is 19.1. The second kappa shape index (κ2) is 11.7. The van der Waals surface area contributed by atoms with E-state index in [0.29, 0.717) is 11.8 Å². The lowest BCUT2D eigenvalue weighted by atomic mass is 9.96. The van der Waals surface area contributed by atoms with Crippen molar-refractivity contribution < 1.29 is 0 Å². The van der Waals surface area contributed by atoms with Crippen LogP contribution in [0.3, 0.4) is 0 Å². The summed E-state index contributed by atoms with van der Waals surface area (Å²) in [5, 5.41) is 10.6. The summed E-state index contributed by atoms with van der Waals surface area (Å²) >= 11 is 3.57. The van der Waals surface area contributed by atoms with Crippen LogP contribution in [0.25, 0.3) is 0 Å². The van der Waals surface area contributed by atoms with E-state index in [1.807, 2.05) is 7.05 Å². The lowest BCUT2D eigenvalue weighted by molar-refractivity contribution is 0.296. The van der Waals surface area contributed by atoms with E-state index in [-0.39, 0.29) is 24.0 Å². The van der Waals surface area contributed by atoms with Crippen LogP contribution in [0.15, 0.2) is 40.1 Å². The lowest BCUT2D eigenvalue weighted by Crippen LogP contribution is -2.46. The zero-order valence-corrected chi connectivity index (χ0v) is 20.5. The quantitative estimate of drug-likeness (QED) is 0.315. The van der Waals surface area contributed by atoms with Gasteiger partial charge in [0.25, 0.3) is 0 Å². The van der Waals surface area contributed by atoms with Crippen molar-refractivity contribution in [3.8, 4) is 0 Å². The minimum Gasteiger partial charge on any atom is -0.356 e. The molecule has 28 heavy (non-hydrogen) atoms. The number of nitrogens with zero attached hydrogens (tertiary/aromatic N) is 4. The molecular weight excluding hydrogens is 531 g/mol. The van der Waals surface area contributed by atoms with Crippen molar-refractivity contribution in [2.45, 2.75) is 38.5 Å². The second-order valence-electron chi connectivity index (χ2n) is 7.17. The standard InChI is InChI=1S/C20H29BrN6.HI/c1-3-15(11-16-5-4-6-18(21)12-16)13-23-20(22-2)27-9-7-17(8-10-27)19-24-14-25-26-19;/h4-6,12,14-15,17H,3,7-11,13H2,1-2H3,(H,22,23)(H,24,25,26);1H. The Bertz CT molecular complexity index is 728. The third kappa shape index (κ3) is 6.43. The number of guanidine groups is 1. The van der Waals surface area contributed by atoms with Crippen molar-refractivity contribution >= 4 is 45.9 Å². The molecule has 1 aliphatic rings. The van der Waals surface area contributed by atoms with Gasteiger partial charge in [-0.05, 0) is 42.9 Å². The van der Waals surface area contributed by atoms with E-state index in [1.54, 1.807) is 6.33 Å². The van der Waals surface area contributed by atoms with Crippen molar-refractivity contribution in [1.82, 2.24) is 25.4 Å². The SMILES string of the molecule is CCC(CNC(=NC)N1CCC(c2ncn[nH]2)CC1)Cc1cccc(Br)c1.I. The number of benzene rings is 1. The first kappa shape index (κ1) is 23.1. The fourth-order valence-corrected chi connectivity index (χ4v) is 4.15. The summed E-state index contributed by atoms with van der Waals surface area (Å²) in [6, 6.07) is 8.60. The van der Waals surface area contributed by atoms with Gasteiger partial charge >= 0.3 is 0 Å². The molecule has 2 N–H and O–H groups in total. The van der Waals surface area contributed by atoms with Gasteiger partial charge in [-0.25, -0.2) is 4.98 Å². The Kier molecular flexibility index (Phi) is 9.70. The van der Waals surface area contributed by atoms with Crippen LogP contribution in [-0.4, -0.2) is 52.7 Å². The van der Waals surface area contributed by atoms with Crippen LogP contribution in [0.1, 0.15) is 43.5 Å². The van der Waals surface area contributed by atoms with Crippen molar-refractivity contribution in [1.29, 1.82) is 0 Å². The van der Waals surface area contributed by atoms with Gasteiger partial charge in [0.1, 0.15) is 12.2 Å². The fourth-order valence-electron chi connectivity index (χ4n) is 3.70. The number of aliphatic imine (C=N–C) groups is 1. The molecule has 1 aliphatic heterocycles. The Hall–Kier alpha value is -1.16. The molecular formula is C20H30BrIN6. The molecule has 0 aliphatic carbocycles. The maximum atomic E-state index is 4.52. The Morgan fingerprint density at radius 3 is 2.79 bits per heavy atom. The van der Waals surface area contributed by atoms with Crippen molar-refractivity contribution in [3.05, 3.63) is 46.5 Å². The molecule has 0 radical (unpaired) electrons. The highest BCUT2D eigenvalue weighted by Gasteiger charge is 2.24. The molecule has 154 valence electrons. The number of hydrogen-bond acceptors (Lipinski definition) is 3. The van der Waals surface area contributed by atoms with Gasteiger partial charge in [0.2, 0.25) is 0 Å². The highest BCUT2D eigenvalue weighted by Crippen LogP contribution is 2.25. The van der Waals surface area contributed by atoms with Gasteiger partial charge in [-0.1, -0.05) is 41.4 Å². The summed E-state index contributed by atoms with van der Waals surface area (Å²) in [5.41, 5.74) is 1.38. The first-order valence-corrected chi connectivity index (χ1v) is 10.5. The molecule has 2 aromatic rings. The summed E-state index contributed by atoms with van der Waals surface area (Å²) in [6.07, 6.45) is 5.96. The Balaban J connectivity index is 0.00000280. The van der Waals surface area contributed by atoms with Gasteiger partial charge in [-0.3, -0.25) is 10.1 Å². The van der Waals surface area contributed by atoms with Gasteiger partial charge in [0.15, 0.2) is 5.96 Å². The predicted octanol–water partition coefficient (Wildman–Crippen LogP) is 4.21. The number of piperidine rings is 1. The molecule has 1 unspecified atom stereocenters. The number of aromatic amines is 1. The van der Waals surface area contributed by atoms with Gasteiger partial charge in [0, 0.05) is 37.1 Å². The monoisotopic (exact) mass is 560 g/mol. The Morgan fingerprint density at radius 1 is 1.39 bits per heavy atom. The van der Waals surface area contributed by atoms with Crippen LogP contribution in [0, 0.1) is 5.92 Å². The molecule has 1 fully saturated rings. The highest BCUT2D eigenvalue weighted by atomic mass is 127. The molecule has 0 spiro atoms. The highest BCUT2D eigenvalue weighted by molar-refractivity contribution is 14.0. The van der Waals surface area contributed by atoms with E-state index in [9.17, 15) is 0 Å². The van der Waals surface area contributed by atoms with Crippen LogP contribution < -0.4 is 5.32 Å². The molecule has 6 nitrogen and oxygen atoms in total. The van der Waals surface area contributed by atoms with E-state index < -0.39 is 0 Å². The van der Waals surface area contributed by atoms with Crippen LogP contribution in [0.4, 0.5) is 0 Å². The smallest absolute Gasteiger partial charge is 0.193 e. The number of nitrogens with one attached hydrogen (secondary N) is 2. The lowest BCUT2D eigenvalue weighted by Gasteiger charge is -2.34. The molecule has 1 saturated heterocycles. The van der Waals surface area contributed by atoms with Crippen LogP contribution in [-0.2, 0) is 6.42 Å². The van der Waals surface area contributed by atoms with Gasteiger partial charge < -0.3 is 10.2 Å². The van der Waals surface area contributed by atoms with E-state index in [2.05, 4.69) is 77.5 Å². The van der Waals surface area contributed by atoms with E-state index in [4.69, 9.17) is 0 Å². The third-order valence-electron chi connectivity index (χ3n) is 5.37. The molecule has 0 bridgehead atoms. The van der Waals surface area contributed by atoms with Crippen LogP contribution >= 0.6 is 39.9 Å². The third-order valence-corrected chi connectivity index (χ3v) is 5.86. The topological polar surface area (TPSA) is 69.2 Å². The van der Waals surface area contributed by atoms with E-state index in [1.165, 1.54) is 5.56 Å². The number of hydrogen-bond donors (Lipinski definition) is 2. The second-order valence-corrected chi connectivity index (χ2v) is 8.08. The first-order valence-electron chi connectivity index (χ1n) is 9.74. The molecule has 8 heteroatoms. The van der Waals surface area contributed by atoms with E-state index >= 15 is 0 Å². The number of halogens is 2. The Labute approximate surface area is 193 Å². The van der Waals surface area contributed by atoms with Crippen molar-refractivity contribution in [2.24, 2.45) is 10.9 Å².